The molecule has 0 spiro atoms. The number of allylic oxidation sites excluding steroid dienone is 1. The van der Waals surface area contributed by atoms with Gasteiger partial charge in [0, 0.05) is 11.8 Å². The maximum absolute atomic E-state index is 12.2. The van der Waals surface area contributed by atoms with Crippen molar-refractivity contribution in [1.29, 1.82) is 0 Å². The third kappa shape index (κ3) is 4.88. The van der Waals surface area contributed by atoms with E-state index >= 15 is 0 Å². The number of primary sulfonamides is 1. The van der Waals surface area contributed by atoms with E-state index in [1.807, 2.05) is 0 Å². The lowest BCUT2D eigenvalue weighted by Crippen LogP contribution is -2.14. The molecular weight excluding hydrogens is 360 g/mol. The van der Waals surface area contributed by atoms with Gasteiger partial charge in [-0.25, -0.2) is 13.6 Å². The normalized spacial score (nSPS) is 12.7. The number of rotatable bonds is 5. The van der Waals surface area contributed by atoms with Crippen LogP contribution in [0.4, 0.5) is 11.4 Å². The first kappa shape index (κ1) is 19.1. The third-order valence-corrected chi connectivity index (χ3v) is 4.03. The quantitative estimate of drug-likeness (QED) is 0.358. The van der Waals surface area contributed by atoms with E-state index in [1.165, 1.54) is 6.92 Å². The monoisotopic (exact) mass is 376 g/mol. The van der Waals surface area contributed by atoms with E-state index < -0.39 is 21.7 Å². The van der Waals surface area contributed by atoms with Gasteiger partial charge in [-0.3, -0.25) is 4.79 Å². The zero-order chi connectivity index (χ0) is 19.3. The van der Waals surface area contributed by atoms with Gasteiger partial charge in [0.15, 0.2) is 5.70 Å². The molecule has 26 heavy (non-hydrogen) atoms. The number of sulfonamides is 1. The Hall–Kier alpha value is -3.24. The fraction of sp³-hybridized carbons (Fsp3) is 0.0625. The standard InChI is InChI=1S/C16H16N4O5S/c1-10(21)15(16(23)18-11-5-3-2-4-6-11)20-19-13-8-7-12(9-14(13)22)26(17,24)25/h2-9,21-22H,1H3,(H,18,23)(H2,17,24,25)/b15-10-,20-19?. The van der Waals surface area contributed by atoms with Crippen LogP contribution in [0.15, 0.2) is 75.1 Å². The highest BCUT2D eigenvalue weighted by atomic mass is 32.2. The van der Waals surface area contributed by atoms with Gasteiger partial charge in [-0.1, -0.05) is 18.2 Å². The van der Waals surface area contributed by atoms with Gasteiger partial charge in [-0.05, 0) is 31.2 Å². The van der Waals surface area contributed by atoms with Crippen LogP contribution in [0, 0.1) is 0 Å². The molecule has 0 aliphatic carbocycles. The highest BCUT2D eigenvalue weighted by Gasteiger charge is 2.15. The maximum atomic E-state index is 12.2. The fourth-order valence-electron chi connectivity index (χ4n) is 1.86. The molecule has 0 radical (unpaired) electrons. The van der Waals surface area contributed by atoms with E-state index in [1.54, 1.807) is 30.3 Å². The first-order chi connectivity index (χ1) is 12.2. The number of anilines is 1. The predicted molar refractivity (Wildman–Crippen MR) is 94.4 cm³/mol. The molecular formula is C16H16N4O5S. The summed E-state index contributed by atoms with van der Waals surface area (Å²) >= 11 is 0. The number of para-hydroxylation sites is 1. The minimum absolute atomic E-state index is 0.108. The number of nitrogens with two attached hydrogens (primary N) is 1. The smallest absolute Gasteiger partial charge is 0.279 e. The molecule has 0 aliphatic heterocycles. The molecule has 0 aromatic heterocycles. The summed E-state index contributed by atoms with van der Waals surface area (Å²) in [6.07, 6.45) is 0. The van der Waals surface area contributed by atoms with Gasteiger partial charge in [0.25, 0.3) is 5.91 Å². The van der Waals surface area contributed by atoms with Crippen molar-refractivity contribution in [3.05, 3.63) is 60.0 Å². The Labute approximate surface area is 149 Å². The van der Waals surface area contributed by atoms with Crippen molar-refractivity contribution in [2.75, 3.05) is 5.32 Å². The second kappa shape index (κ2) is 7.76. The molecule has 0 fully saturated rings. The Morgan fingerprint density at radius 1 is 1.15 bits per heavy atom. The number of phenolic OH excluding ortho intramolecular Hbond substituents is 1. The maximum Gasteiger partial charge on any atom is 0.279 e. The molecule has 136 valence electrons. The number of aliphatic hydroxyl groups excluding tert-OH is 1. The lowest BCUT2D eigenvalue weighted by atomic mass is 10.3. The summed E-state index contributed by atoms with van der Waals surface area (Å²) in [5.74, 6) is -1.60. The highest BCUT2D eigenvalue weighted by Crippen LogP contribution is 2.29. The lowest BCUT2D eigenvalue weighted by molar-refractivity contribution is -0.113. The predicted octanol–water partition coefficient (Wildman–Crippen LogP) is 2.55. The molecule has 1 amide bonds. The molecule has 9 nitrogen and oxygen atoms in total. The van der Waals surface area contributed by atoms with Gasteiger partial charge in [0.05, 0.1) is 4.90 Å². The van der Waals surface area contributed by atoms with Crippen molar-refractivity contribution >= 4 is 27.3 Å². The van der Waals surface area contributed by atoms with Crippen LogP contribution in [-0.4, -0.2) is 24.5 Å². The Morgan fingerprint density at radius 2 is 1.81 bits per heavy atom. The molecule has 0 aliphatic rings. The first-order valence-electron chi connectivity index (χ1n) is 7.22. The summed E-state index contributed by atoms with van der Waals surface area (Å²) < 4.78 is 22.5. The van der Waals surface area contributed by atoms with Crippen molar-refractivity contribution < 1.29 is 23.4 Å². The average molecular weight is 376 g/mol. The summed E-state index contributed by atoms with van der Waals surface area (Å²) in [6, 6.07) is 11.7. The van der Waals surface area contributed by atoms with Crippen molar-refractivity contribution in [2.45, 2.75) is 11.8 Å². The molecule has 2 aromatic rings. The van der Waals surface area contributed by atoms with Crippen LogP contribution in [0.5, 0.6) is 5.75 Å². The van der Waals surface area contributed by atoms with Crippen molar-refractivity contribution in [2.24, 2.45) is 15.4 Å². The van der Waals surface area contributed by atoms with Gasteiger partial charge in [0.1, 0.15) is 17.2 Å². The SMILES string of the molecule is C/C(O)=C(/N=Nc1ccc(S(N)(=O)=O)cc1O)C(=O)Nc1ccccc1. The molecule has 10 heteroatoms. The average Bonchev–Trinajstić information content (AvgIpc) is 2.56. The number of amides is 1. The molecule has 0 atom stereocenters. The number of azo groups is 1. The van der Waals surface area contributed by atoms with Gasteiger partial charge in [-0.15, -0.1) is 10.2 Å². The summed E-state index contributed by atoms with van der Waals surface area (Å²) in [7, 11) is -3.98. The summed E-state index contributed by atoms with van der Waals surface area (Å²) in [6.45, 7) is 1.25. The molecule has 0 unspecified atom stereocenters. The van der Waals surface area contributed by atoms with E-state index in [0.717, 1.165) is 18.2 Å². The molecule has 0 heterocycles. The number of hydrogen-bond acceptors (Lipinski definition) is 7. The van der Waals surface area contributed by atoms with E-state index in [-0.39, 0.29) is 22.0 Å². The minimum atomic E-state index is -3.98. The number of phenols is 1. The molecule has 2 rings (SSSR count). The fourth-order valence-corrected chi connectivity index (χ4v) is 2.40. The van der Waals surface area contributed by atoms with Crippen LogP contribution in [0.3, 0.4) is 0 Å². The number of hydrogen-bond donors (Lipinski definition) is 4. The molecule has 0 saturated heterocycles. The second-order valence-corrected chi connectivity index (χ2v) is 6.71. The van der Waals surface area contributed by atoms with Crippen LogP contribution in [0.2, 0.25) is 0 Å². The van der Waals surface area contributed by atoms with E-state index in [2.05, 4.69) is 15.5 Å². The molecule has 5 N–H and O–H groups in total. The summed E-state index contributed by atoms with van der Waals surface area (Å²) in [5, 5.41) is 34.3. The van der Waals surface area contributed by atoms with Crippen molar-refractivity contribution in [1.82, 2.24) is 0 Å². The van der Waals surface area contributed by atoms with Gasteiger partial charge < -0.3 is 15.5 Å². The number of aromatic hydroxyl groups is 1. The van der Waals surface area contributed by atoms with E-state index in [4.69, 9.17) is 5.14 Å². The molecule has 0 saturated carbocycles. The topological polar surface area (TPSA) is 154 Å². The highest BCUT2D eigenvalue weighted by molar-refractivity contribution is 7.89. The van der Waals surface area contributed by atoms with Crippen LogP contribution >= 0.6 is 0 Å². The summed E-state index contributed by atoms with van der Waals surface area (Å²) in [4.78, 5) is 11.9. The number of nitrogens with zero attached hydrogens (tertiary/aromatic N) is 2. The third-order valence-electron chi connectivity index (χ3n) is 3.12. The Morgan fingerprint density at radius 3 is 2.35 bits per heavy atom. The zero-order valence-electron chi connectivity index (χ0n) is 13.6. The van der Waals surface area contributed by atoms with Gasteiger partial charge in [0.2, 0.25) is 10.0 Å². The van der Waals surface area contributed by atoms with E-state index in [0.29, 0.717) is 5.69 Å². The summed E-state index contributed by atoms with van der Waals surface area (Å²) in [5.41, 5.74) is 0.0132. The number of aliphatic hydroxyl groups is 1. The molecule has 0 bridgehead atoms. The second-order valence-electron chi connectivity index (χ2n) is 5.15. The Bertz CT molecular complexity index is 981. The van der Waals surface area contributed by atoms with Crippen LogP contribution in [-0.2, 0) is 14.8 Å². The van der Waals surface area contributed by atoms with Crippen LogP contribution in [0.25, 0.3) is 0 Å². The number of benzene rings is 2. The number of nitrogens with one attached hydrogen (secondary N) is 1. The first-order valence-corrected chi connectivity index (χ1v) is 8.77. The largest absolute Gasteiger partial charge is 0.510 e. The molecule has 2 aromatic carbocycles. The minimum Gasteiger partial charge on any atom is -0.510 e. The van der Waals surface area contributed by atoms with Crippen LogP contribution in [0.1, 0.15) is 6.92 Å². The zero-order valence-corrected chi connectivity index (χ0v) is 14.4. The Balaban J connectivity index is 2.25. The van der Waals surface area contributed by atoms with Crippen molar-refractivity contribution in [3.63, 3.8) is 0 Å². The Kier molecular flexibility index (Phi) is 5.70. The number of carbonyl (C=O) groups excluding carboxylic acids is 1. The van der Waals surface area contributed by atoms with Crippen LogP contribution < -0.4 is 10.5 Å². The van der Waals surface area contributed by atoms with E-state index in [9.17, 15) is 23.4 Å². The lowest BCUT2D eigenvalue weighted by Gasteiger charge is -2.06. The van der Waals surface area contributed by atoms with Gasteiger partial charge in [-0.2, -0.15) is 0 Å². The van der Waals surface area contributed by atoms with Crippen molar-refractivity contribution in [3.8, 4) is 5.75 Å². The number of carbonyl (C=O) groups is 1. The van der Waals surface area contributed by atoms with Gasteiger partial charge >= 0.3 is 0 Å².